The van der Waals surface area contributed by atoms with Gasteiger partial charge in [0.05, 0.1) is 7.11 Å². The molecule has 1 fully saturated rings. The molecule has 0 bridgehead atoms. The highest BCUT2D eigenvalue weighted by atomic mass is 16.5. The maximum atomic E-state index is 12.1. The van der Waals surface area contributed by atoms with Crippen molar-refractivity contribution < 1.29 is 9.53 Å². The average molecular weight is 304 g/mol. The van der Waals surface area contributed by atoms with E-state index in [1.165, 1.54) is 0 Å². The summed E-state index contributed by atoms with van der Waals surface area (Å²) in [6.07, 6.45) is 3.49. The molecule has 1 aliphatic rings. The number of methoxy groups -OCH3 is 1. The van der Waals surface area contributed by atoms with Crippen molar-refractivity contribution in [1.82, 2.24) is 15.1 Å². The number of carbonyl (C=O) groups excluding carboxylic acids is 1. The van der Waals surface area contributed by atoms with Gasteiger partial charge in [-0.1, -0.05) is 18.2 Å². The van der Waals surface area contributed by atoms with E-state index in [2.05, 4.69) is 10.2 Å². The number of ether oxygens (including phenoxy) is 1. The van der Waals surface area contributed by atoms with Crippen LogP contribution in [0.5, 0.6) is 5.75 Å². The number of piperazine rings is 1. The van der Waals surface area contributed by atoms with E-state index in [9.17, 15) is 4.79 Å². The number of nitrogens with zero attached hydrogens (tertiary/aromatic N) is 2. The lowest BCUT2D eigenvalue weighted by Gasteiger charge is -2.34. The molecule has 22 heavy (non-hydrogen) atoms. The molecule has 1 aromatic carbocycles. The van der Waals surface area contributed by atoms with Crippen molar-refractivity contribution in [1.29, 1.82) is 0 Å². The number of para-hydroxylation sites is 1. The summed E-state index contributed by atoms with van der Waals surface area (Å²) in [5, 5.41) is 2.81. The van der Waals surface area contributed by atoms with Gasteiger partial charge in [-0.05, 0) is 12.1 Å². The average Bonchev–Trinajstić information content (AvgIpc) is 2.56. The lowest BCUT2D eigenvalue weighted by Crippen LogP contribution is -2.51. The number of nitrogens with two attached hydrogens (primary N) is 1. The van der Waals surface area contributed by atoms with Crippen LogP contribution in [0.15, 0.2) is 30.5 Å². The van der Waals surface area contributed by atoms with Crippen LogP contribution < -0.4 is 15.8 Å². The summed E-state index contributed by atoms with van der Waals surface area (Å²) in [6.45, 7) is 4.77. The zero-order valence-corrected chi connectivity index (χ0v) is 13.0. The molecule has 6 nitrogen and oxygen atoms in total. The highest BCUT2D eigenvalue weighted by Crippen LogP contribution is 2.18. The van der Waals surface area contributed by atoms with E-state index in [0.29, 0.717) is 6.54 Å². The third kappa shape index (κ3) is 4.47. The van der Waals surface area contributed by atoms with E-state index < -0.39 is 0 Å². The fourth-order valence-corrected chi connectivity index (χ4v) is 2.46. The second kappa shape index (κ2) is 8.41. The predicted molar refractivity (Wildman–Crippen MR) is 87.6 cm³/mol. The van der Waals surface area contributed by atoms with Crippen molar-refractivity contribution in [2.45, 2.75) is 0 Å². The quantitative estimate of drug-likeness (QED) is 0.850. The second-order valence-electron chi connectivity index (χ2n) is 5.14. The number of rotatable bonds is 5. The summed E-state index contributed by atoms with van der Waals surface area (Å²) >= 11 is 0. The molecule has 0 spiro atoms. The number of hydrogen-bond acceptors (Lipinski definition) is 4. The lowest BCUT2D eigenvalue weighted by atomic mass is 10.2. The van der Waals surface area contributed by atoms with Crippen molar-refractivity contribution in [3.05, 3.63) is 36.0 Å². The Balaban J connectivity index is 1.82. The Bertz CT molecular complexity index is 511. The van der Waals surface area contributed by atoms with Crippen LogP contribution in [0.3, 0.4) is 0 Å². The van der Waals surface area contributed by atoms with Gasteiger partial charge in [0.25, 0.3) is 0 Å². The van der Waals surface area contributed by atoms with Gasteiger partial charge in [0.1, 0.15) is 5.75 Å². The van der Waals surface area contributed by atoms with Crippen LogP contribution in [0.4, 0.5) is 4.79 Å². The smallest absolute Gasteiger partial charge is 0.321 e. The topological polar surface area (TPSA) is 70.8 Å². The Hall–Kier alpha value is -2.05. The largest absolute Gasteiger partial charge is 0.496 e. The molecular weight excluding hydrogens is 280 g/mol. The van der Waals surface area contributed by atoms with Gasteiger partial charge >= 0.3 is 6.03 Å². The minimum atomic E-state index is -0.0708. The van der Waals surface area contributed by atoms with Gasteiger partial charge in [-0.15, -0.1) is 0 Å². The van der Waals surface area contributed by atoms with Crippen molar-refractivity contribution in [3.8, 4) is 5.75 Å². The molecule has 1 heterocycles. The standard InChI is InChI=1S/C16H24N4O2/c1-22-15-5-3-2-4-14(15)6-8-18-16(21)20-12-10-19(9-7-17)11-13-20/h2-6,8H,7,9-13,17H2,1H3,(H,18,21)/b8-6+. The molecular formula is C16H24N4O2. The summed E-state index contributed by atoms with van der Waals surface area (Å²) < 4.78 is 5.26. The van der Waals surface area contributed by atoms with Gasteiger partial charge in [0.2, 0.25) is 0 Å². The normalized spacial score (nSPS) is 16.0. The highest BCUT2D eigenvalue weighted by Gasteiger charge is 2.19. The van der Waals surface area contributed by atoms with Gasteiger partial charge < -0.3 is 20.7 Å². The summed E-state index contributed by atoms with van der Waals surface area (Å²) in [5.74, 6) is 0.781. The summed E-state index contributed by atoms with van der Waals surface area (Å²) in [7, 11) is 1.63. The molecule has 2 rings (SSSR count). The van der Waals surface area contributed by atoms with Gasteiger partial charge in [-0.3, -0.25) is 4.90 Å². The number of benzene rings is 1. The molecule has 1 aromatic rings. The van der Waals surface area contributed by atoms with Gasteiger partial charge in [0.15, 0.2) is 0 Å². The molecule has 0 aromatic heterocycles. The van der Waals surface area contributed by atoms with Crippen LogP contribution in [0.25, 0.3) is 6.08 Å². The summed E-state index contributed by atoms with van der Waals surface area (Å²) in [6, 6.07) is 7.60. The first-order valence-electron chi connectivity index (χ1n) is 7.52. The third-order valence-electron chi connectivity index (χ3n) is 3.71. The predicted octanol–water partition coefficient (Wildman–Crippen LogP) is 0.952. The fraction of sp³-hybridized carbons (Fsp3) is 0.438. The van der Waals surface area contributed by atoms with Crippen molar-refractivity contribution in [2.24, 2.45) is 5.73 Å². The van der Waals surface area contributed by atoms with Crippen LogP contribution in [0.2, 0.25) is 0 Å². The molecule has 0 unspecified atom stereocenters. The Morgan fingerprint density at radius 3 is 2.73 bits per heavy atom. The van der Waals surface area contributed by atoms with E-state index >= 15 is 0 Å². The van der Waals surface area contributed by atoms with E-state index in [-0.39, 0.29) is 6.03 Å². The van der Waals surface area contributed by atoms with Gasteiger partial charge in [-0.25, -0.2) is 4.79 Å². The number of carbonyl (C=O) groups is 1. The monoisotopic (exact) mass is 304 g/mol. The number of amides is 2. The van der Waals surface area contributed by atoms with Gasteiger partial charge in [0, 0.05) is 51.0 Å². The van der Waals surface area contributed by atoms with E-state index in [0.717, 1.165) is 44.0 Å². The van der Waals surface area contributed by atoms with Crippen molar-refractivity contribution >= 4 is 12.1 Å². The molecule has 2 amide bonds. The van der Waals surface area contributed by atoms with Crippen LogP contribution in [0, 0.1) is 0 Å². The van der Waals surface area contributed by atoms with Crippen LogP contribution in [0.1, 0.15) is 5.56 Å². The SMILES string of the molecule is COc1ccccc1/C=C/NC(=O)N1CCN(CCN)CC1. The molecule has 3 N–H and O–H groups in total. The molecule has 0 radical (unpaired) electrons. The minimum Gasteiger partial charge on any atom is -0.496 e. The minimum absolute atomic E-state index is 0.0708. The van der Waals surface area contributed by atoms with Gasteiger partial charge in [-0.2, -0.15) is 0 Å². The van der Waals surface area contributed by atoms with Crippen LogP contribution in [-0.4, -0.2) is 62.2 Å². The molecule has 120 valence electrons. The molecule has 1 saturated heterocycles. The summed E-state index contributed by atoms with van der Waals surface area (Å²) in [5.41, 5.74) is 6.47. The highest BCUT2D eigenvalue weighted by molar-refractivity contribution is 5.76. The Morgan fingerprint density at radius 2 is 2.05 bits per heavy atom. The van der Waals surface area contributed by atoms with Crippen molar-refractivity contribution in [3.63, 3.8) is 0 Å². The lowest BCUT2D eigenvalue weighted by molar-refractivity contribution is 0.143. The number of hydrogen-bond donors (Lipinski definition) is 2. The van der Waals surface area contributed by atoms with E-state index in [1.807, 2.05) is 35.2 Å². The number of nitrogens with one attached hydrogen (secondary N) is 1. The first kappa shape index (κ1) is 16.3. The first-order valence-corrected chi connectivity index (χ1v) is 7.52. The van der Waals surface area contributed by atoms with Crippen molar-refractivity contribution in [2.75, 3.05) is 46.4 Å². The Kier molecular flexibility index (Phi) is 6.24. The molecule has 0 atom stereocenters. The third-order valence-corrected chi connectivity index (χ3v) is 3.71. The summed E-state index contributed by atoms with van der Waals surface area (Å²) in [4.78, 5) is 16.2. The maximum Gasteiger partial charge on any atom is 0.321 e. The Morgan fingerprint density at radius 1 is 1.32 bits per heavy atom. The fourth-order valence-electron chi connectivity index (χ4n) is 2.46. The first-order chi connectivity index (χ1) is 10.7. The number of urea groups is 1. The maximum absolute atomic E-state index is 12.1. The molecule has 6 heteroatoms. The zero-order valence-electron chi connectivity index (χ0n) is 13.0. The molecule has 1 aliphatic heterocycles. The van der Waals surface area contributed by atoms with Crippen LogP contribution >= 0.6 is 0 Å². The molecule has 0 saturated carbocycles. The van der Waals surface area contributed by atoms with Crippen LogP contribution in [-0.2, 0) is 0 Å². The second-order valence-corrected chi connectivity index (χ2v) is 5.14. The van der Waals surface area contributed by atoms with E-state index in [4.69, 9.17) is 10.5 Å². The molecule has 0 aliphatic carbocycles. The Labute approximate surface area is 131 Å². The van der Waals surface area contributed by atoms with E-state index in [1.54, 1.807) is 13.3 Å². The zero-order chi connectivity index (χ0) is 15.8.